The molecule has 1 aliphatic carbocycles. The van der Waals surface area contributed by atoms with Crippen molar-refractivity contribution in [2.75, 3.05) is 26.8 Å². The Hall–Kier alpha value is -0.470. The van der Waals surface area contributed by atoms with Crippen molar-refractivity contribution in [3.8, 4) is 0 Å². The van der Waals surface area contributed by atoms with Crippen molar-refractivity contribution in [3.63, 3.8) is 0 Å². The molecule has 0 aromatic carbocycles. The molecule has 5 nitrogen and oxygen atoms in total. The number of hydrogen-bond acceptors (Lipinski definition) is 5. The maximum Gasteiger partial charge on any atom is 0.244 e. The zero-order chi connectivity index (χ0) is 15.5. The molecule has 1 aliphatic rings. The second-order valence-corrected chi connectivity index (χ2v) is 8.53. The summed E-state index contributed by atoms with van der Waals surface area (Å²) in [5.74, 6) is 0. The highest BCUT2D eigenvalue weighted by atomic mass is 32.2. The van der Waals surface area contributed by atoms with E-state index < -0.39 is 10.0 Å². The first-order chi connectivity index (χ1) is 9.98. The Morgan fingerprint density at radius 2 is 2.19 bits per heavy atom. The summed E-state index contributed by atoms with van der Waals surface area (Å²) >= 11 is 1.56. The van der Waals surface area contributed by atoms with Crippen molar-refractivity contribution >= 4 is 21.4 Å². The number of hydrogen-bond donors (Lipinski definition) is 1. The van der Waals surface area contributed by atoms with E-state index in [1.54, 1.807) is 18.4 Å². The Labute approximate surface area is 131 Å². The van der Waals surface area contributed by atoms with Crippen molar-refractivity contribution in [1.82, 2.24) is 9.62 Å². The molecular weight excluding hydrogens is 308 g/mol. The number of ether oxygens (including phenoxy) is 1. The van der Waals surface area contributed by atoms with Gasteiger partial charge < -0.3 is 10.1 Å². The van der Waals surface area contributed by atoms with E-state index in [1.807, 2.05) is 19.9 Å². The van der Waals surface area contributed by atoms with Crippen molar-refractivity contribution in [2.45, 2.75) is 44.2 Å². The molecule has 2 rings (SSSR count). The summed E-state index contributed by atoms with van der Waals surface area (Å²) in [4.78, 5) is 2.39. The molecule has 7 heteroatoms. The Morgan fingerprint density at radius 3 is 2.76 bits per heavy atom. The molecule has 21 heavy (non-hydrogen) atoms. The highest BCUT2D eigenvalue weighted by Gasteiger charge is 2.27. The van der Waals surface area contributed by atoms with E-state index in [1.165, 1.54) is 17.1 Å². The van der Waals surface area contributed by atoms with Gasteiger partial charge in [0.15, 0.2) is 0 Å². The quantitative estimate of drug-likeness (QED) is 0.751. The van der Waals surface area contributed by atoms with E-state index in [0.717, 1.165) is 16.3 Å². The Bertz CT molecular complexity index is 565. The van der Waals surface area contributed by atoms with Crippen LogP contribution in [0, 0.1) is 6.92 Å². The van der Waals surface area contributed by atoms with Gasteiger partial charge in [0, 0.05) is 42.5 Å². The number of thiophene rings is 1. The summed E-state index contributed by atoms with van der Waals surface area (Å²) in [6, 6.07) is 2.45. The fourth-order valence-electron chi connectivity index (χ4n) is 2.18. The molecule has 0 unspecified atom stereocenters. The van der Waals surface area contributed by atoms with Crippen LogP contribution >= 0.6 is 11.3 Å². The summed E-state index contributed by atoms with van der Waals surface area (Å²) in [7, 11) is -1.84. The van der Waals surface area contributed by atoms with Crippen LogP contribution in [0.1, 0.15) is 29.5 Å². The van der Waals surface area contributed by atoms with E-state index in [2.05, 4.69) is 5.32 Å². The average Bonchev–Trinajstić information content (AvgIpc) is 3.19. The summed E-state index contributed by atoms with van der Waals surface area (Å²) in [5, 5.41) is 3.42. The Balaban J connectivity index is 2.13. The number of rotatable bonds is 9. The Kier molecular flexibility index (Phi) is 5.79. The first kappa shape index (κ1) is 16.9. The number of likely N-dealkylation sites (N-methyl/N-ethyl adjacent to an activating group) is 1. The summed E-state index contributed by atoms with van der Waals surface area (Å²) < 4.78 is 31.9. The highest BCUT2D eigenvalue weighted by Crippen LogP contribution is 2.29. The standard InChI is InChI=1S/C14H24N2O3S2/c1-4-16(7-8-19-3)21(17,18)14-9-13(20-11(14)2)10-15-12-5-6-12/h9,12,15H,4-8,10H2,1-3H3. The zero-order valence-electron chi connectivity index (χ0n) is 12.9. The maximum absolute atomic E-state index is 12.7. The van der Waals surface area contributed by atoms with Crippen LogP contribution in [0.15, 0.2) is 11.0 Å². The largest absolute Gasteiger partial charge is 0.383 e. The van der Waals surface area contributed by atoms with Gasteiger partial charge in [-0.3, -0.25) is 0 Å². The predicted octanol–water partition coefficient (Wildman–Crippen LogP) is 1.97. The SMILES string of the molecule is CCN(CCOC)S(=O)(=O)c1cc(CNC2CC2)sc1C. The smallest absolute Gasteiger partial charge is 0.244 e. The van der Waals surface area contributed by atoms with Gasteiger partial charge in [-0.05, 0) is 25.8 Å². The third-order valence-electron chi connectivity index (χ3n) is 3.58. The lowest BCUT2D eigenvalue weighted by Gasteiger charge is -2.19. The van der Waals surface area contributed by atoms with E-state index in [4.69, 9.17) is 4.74 Å². The molecule has 120 valence electrons. The molecule has 0 bridgehead atoms. The lowest BCUT2D eigenvalue weighted by Crippen LogP contribution is -2.33. The van der Waals surface area contributed by atoms with E-state index >= 15 is 0 Å². The minimum Gasteiger partial charge on any atom is -0.383 e. The van der Waals surface area contributed by atoms with Gasteiger partial charge in [0.05, 0.1) is 11.5 Å². The van der Waals surface area contributed by atoms with E-state index in [9.17, 15) is 8.42 Å². The van der Waals surface area contributed by atoms with E-state index in [-0.39, 0.29) is 0 Å². The fraction of sp³-hybridized carbons (Fsp3) is 0.714. The second-order valence-electron chi connectivity index (χ2n) is 5.28. The molecule has 0 spiro atoms. The monoisotopic (exact) mass is 332 g/mol. The fourth-order valence-corrected chi connectivity index (χ4v) is 5.17. The first-order valence-corrected chi connectivity index (χ1v) is 9.56. The first-order valence-electron chi connectivity index (χ1n) is 7.30. The molecule has 1 saturated carbocycles. The number of nitrogens with one attached hydrogen (secondary N) is 1. The molecule has 0 saturated heterocycles. The maximum atomic E-state index is 12.7. The summed E-state index contributed by atoms with van der Waals surface area (Å²) in [6.07, 6.45) is 2.46. The number of nitrogens with zero attached hydrogens (tertiary/aromatic N) is 1. The van der Waals surface area contributed by atoms with Gasteiger partial charge in [-0.1, -0.05) is 6.92 Å². The molecule has 0 atom stereocenters. The average molecular weight is 332 g/mol. The minimum atomic E-state index is -3.42. The molecular formula is C14H24N2O3S2. The van der Waals surface area contributed by atoms with Gasteiger partial charge in [0.25, 0.3) is 0 Å². The molecule has 0 radical (unpaired) electrons. The number of methoxy groups -OCH3 is 1. The van der Waals surface area contributed by atoms with Gasteiger partial charge in [0.2, 0.25) is 10.0 Å². The summed E-state index contributed by atoms with van der Waals surface area (Å²) in [5.41, 5.74) is 0. The van der Waals surface area contributed by atoms with Gasteiger partial charge in [-0.15, -0.1) is 11.3 Å². The number of sulfonamides is 1. The number of aryl methyl sites for hydroxylation is 1. The Morgan fingerprint density at radius 1 is 1.48 bits per heavy atom. The molecule has 1 aromatic heterocycles. The van der Waals surface area contributed by atoms with Crippen LogP contribution in [0.3, 0.4) is 0 Å². The van der Waals surface area contributed by atoms with Crippen molar-refractivity contribution in [3.05, 3.63) is 15.8 Å². The van der Waals surface area contributed by atoms with Crippen molar-refractivity contribution < 1.29 is 13.2 Å². The van der Waals surface area contributed by atoms with Crippen LogP contribution in [0.2, 0.25) is 0 Å². The molecule has 1 fully saturated rings. The second kappa shape index (κ2) is 7.19. The van der Waals surface area contributed by atoms with Gasteiger partial charge in [-0.25, -0.2) is 8.42 Å². The van der Waals surface area contributed by atoms with Gasteiger partial charge in [-0.2, -0.15) is 4.31 Å². The summed E-state index contributed by atoms with van der Waals surface area (Å²) in [6.45, 7) is 5.74. The minimum absolute atomic E-state index is 0.389. The molecule has 1 heterocycles. The van der Waals surface area contributed by atoms with Crippen LogP contribution < -0.4 is 5.32 Å². The van der Waals surface area contributed by atoms with Crippen LogP contribution in [0.5, 0.6) is 0 Å². The third kappa shape index (κ3) is 4.26. The highest BCUT2D eigenvalue weighted by molar-refractivity contribution is 7.89. The van der Waals surface area contributed by atoms with Crippen LogP contribution in [0.4, 0.5) is 0 Å². The van der Waals surface area contributed by atoms with Gasteiger partial charge >= 0.3 is 0 Å². The van der Waals surface area contributed by atoms with Crippen LogP contribution in [-0.4, -0.2) is 45.6 Å². The zero-order valence-corrected chi connectivity index (χ0v) is 14.5. The third-order valence-corrected chi connectivity index (χ3v) is 6.86. The lowest BCUT2D eigenvalue weighted by atomic mass is 10.4. The van der Waals surface area contributed by atoms with Crippen molar-refractivity contribution in [1.29, 1.82) is 0 Å². The molecule has 1 aromatic rings. The lowest BCUT2D eigenvalue weighted by molar-refractivity contribution is 0.180. The predicted molar refractivity (Wildman–Crippen MR) is 85.2 cm³/mol. The molecule has 0 aliphatic heterocycles. The van der Waals surface area contributed by atoms with Crippen LogP contribution in [0.25, 0.3) is 0 Å². The van der Waals surface area contributed by atoms with Crippen molar-refractivity contribution in [2.24, 2.45) is 0 Å². The van der Waals surface area contributed by atoms with Crippen LogP contribution in [-0.2, 0) is 21.3 Å². The van der Waals surface area contributed by atoms with Gasteiger partial charge in [0.1, 0.15) is 0 Å². The normalized spacial score (nSPS) is 15.8. The van der Waals surface area contributed by atoms with E-state index in [0.29, 0.717) is 30.6 Å². The topological polar surface area (TPSA) is 58.6 Å². The molecule has 0 amide bonds. The molecule has 1 N–H and O–H groups in total.